The molecule has 1 aliphatic heterocycles. The van der Waals surface area contributed by atoms with E-state index in [1.165, 1.54) is 17.7 Å². The molecular weight excluding hydrogens is 473 g/mol. The summed E-state index contributed by atoms with van der Waals surface area (Å²) in [4.78, 5) is 43.5. The van der Waals surface area contributed by atoms with E-state index in [0.717, 1.165) is 11.8 Å². The summed E-state index contributed by atoms with van der Waals surface area (Å²) in [5, 5.41) is 12.9. The van der Waals surface area contributed by atoms with Gasteiger partial charge >= 0.3 is 5.97 Å². The number of nitrogens with zero attached hydrogens (tertiary/aromatic N) is 4. The second-order valence-electron chi connectivity index (χ2n) is 8.17. The van der Waals surface area contributed by atoms with Crippen LogP contribution in [0.1, 0.15) is 34.6 Å². The fourth-order valence-corrected chi connectivity index (χ4v) is 4.30. The number of nitrogens with one attached hydrogen (secondary N) is 1. The number of aryl methyl sites for hydroxylation is 1. The lowest BCUT2D eigenvalue weighted by atomic mass is 10.1. The molecule has 1 aliphatic rings. The molecule has 182 valence electrons. The number of carboxylic acid groups (broad SMARTS) is 1. The van der Waals surface area contributed by atoms with Crippen molar-refractivity contribution in [2.24, 2.45) is 0 Å². The second-order valence-corrected chi connectivity index (χ2v) is 8.55. The van der Waals surface area contributed by atoms with E-state index in [-0.39, 0.29) is 22.6 Å². The molecule has 0 atom stereocenters. The van der Waals surface area contributed by atoms with Crippen LogP contribution in [0.25, 0.3) is 11.0 Å². The molecule has 0 aliphatic carbocycles. The van der Waals surface area contributed by atoms with Gasteiger partial charge in [0.2, 0.25) is 5.43 Å². The third-order valence-electron chi connectivity index (χ3n) is 5.96. The predicted molar refractivity (Wildman–Crippen MR) is 135 cm³/mol. The van der Waals surface area contributed by atoms with E-state index in [4.69, 9.17) is 12.2 Å². The lowest BCUT2D eigenvalue weighted by molar-refractivity contribution is 0.0694. The minimum absolute atomic E-state index is 0.0111. The van der Waals surface area contributed by atoms with Gasteiger partial charge in [0.1, 0.15) is 11.2 Å². The first-order valence-corrected chi connectivity index (χ1v) is 11.5. The molecule has 1 fully saturated rings. The maximum Gasteiger partial charge on any atom is 0.341 e. The lowest BCUT2D eigenvalue weighted by Gasteiger charge is -2.37. The average Bonchev–Trinajstić information content (AvgIpc) is 2.84. The highest BCUT2D eigenvalue weighted by molar-refractivity contribution is 7.80. The molecule has 1 aromatic carbocycles. The molecule has 35 heavy (non-hydrogen) atoms. The minimum Gasteiger partial charge on any atom is -0.477 e. The maximum atomic E-state index is 15.0. The van der Waals surface area contributed by atoms with Gasteiger partial charge in [-0.05, 0) is 56.4 Å². The predicted octanol–water partition coefficient (Wildman–Crippen LogP) is 2.98. The number of thiocarbonyl (C=S) groups is 1. The van der Waals surface area contributed by atoms with Crippen molar-refractivity contribution < 1.29 is 19.1 Å². The van der Waals surface area contributed by atoms with Gasteiger partial charge in [-0.3, -0.25) is 9.59 Å². The normalized spacial score (nSPS) is 13.7. The summed E-state index contributed by atoms with van der Waals surface area (Å²) < 4.78 is 16.5. The molecule has 2 aromatic heterocycles. The van der Waals surface area contributed by atoms with Crippen LogP contribution in [0.4, 0.5) is 15.9 Å². The van der Waals surface area contributed by atoms with Crippen LogP contribution in [0.15, 0.2) is 41.3 Å². The SMILES string of the molecule is CCn1cc(C(=O)O)c(=O)c2cc(F)c(N3CCN(C(=S)Nc4ccc(C(C)=O)cc4)CC3)nc21. The molecule has 9 nitrogen and oxygen atoms in total. The van der Waals surface area contributed by atoms with Crippen molar-refractivity contribution in [3.05, 3.63) is 63.7 Å². The number of aromatic carboxylic acids is 1. The fraction of sp³-hybridized carbons (Fsp3) is 0.292. The molecule has 11 heteroatoms. The number of fused-ring (bicyclic) bond motifs is 1. The highest BCUT2D eigenvalue weighted by atomic mass is 32.1. The van der Waals surface area contributed by atoms with Crippen LogP contribution in [0.3, 0.4) is 0 Å². The van der Waals surface area contributed by atoms with E-state index in [9.17, 15) is 19.5 Å². The summed E-state index contributed by atoms with van der Waals surface area (Å²) >= 11 is 5.52. The van der Waals surface area contributed by atoms with Crippen molar-refractivity contribution >= 4 is 51.6 Å². The number of pyridine rings is 2. The number of piperazine rings is 1. The summed E-state index contributed by atoms with van der Waals surface area (Å²) in [5.41, 5.74) is 0.453. The van der Waals surface area contributed by atoms with Gasteiger partial charge in [0.15, 0.2) is 22.5 Å². The zero-order valence-corrected chi connectivity index (χ0v) is 20.1. The first-order chi connectivity index (χ1) is 16.7. The number of carbonyl (C=O) groups excluding carboxylic acids is 1. The molecule has 0 unspecified atom stereocenters. The molecule has 3 aromatic rings. The Kier molecular flexibility index (Phi) is 6.79. The van der Waals surface area contributed by atoms with Gasteiger partial charge in [0.25, 0.3) is 0 Å². The summed E-state index contributed by atoms with van der Waals surface area (Å²) in [6, 6.07) is 8.11. The topological polar surface area (TPSA) is 108 Å². The number of carbonyl (C=O) groups is 2. The quantitative estimate of drug-likeness (QED) is 0.406. The second kappa shape index (κ2) is 9.79. The van der Waals surface area contributed by atoms with E-state index in [0.29, 0.717) is 43.4 Å². The van der Waals surface area contributed by atoms with E-state index in [1.54, 1.807) is 36.1 Å². The highest BCUT2D eigenvalue weighted by Gasteiger charge is 2.24. The van der Waals surface area contributed by atoms with E-state index >= 15 is 4.39 Å². The molecule has 0 saturated carbocycles. The molecule has 4 rings (SSSR count). The molecule has 0 spiro atoms. The number of benzene rings is 1. The zero-order valence-electron chi connectivity index (χ0n) is 19.2. The van der Waals surface area contributed by atoms with E-state index in [1.807, 2.05) is 4.90 Å². The number of anilines is 2. The summed E-state index contributed by atoms with van der Waals surface area (Å²) in [6.07, 6.45) is 1.24. The van der Waals surface area contributed by atoms with Crippen LogP contribution in [0, 0.1) is 5.82 Å². The van der Waals surface area contributed by atoms with Gasteiger partial charge in [-0.1, -0.05) is 0 Å². The van der Waals surface area contributed by atoms with Gasteiger partial charge < -0.3 is 24.8 Å². The highest BCUT2D eigenvalue weighted by Crippen LogP contribution is 2.23. The molecule has 0 amide bonds. The number of hydrogen-bond acceptors (Lipinski definition) is 6. The van der Waals surface area contributed by atoms with Gasteiger partial charge in [0, 0.05) is 50.2 Å². The van der Waals surface area contributed by atoms with Crippen LogP contribution in [-0.4, -0.2) is 62.6 Å². The van der Waals surface area contributed by atoms with Crippen LogP contribution in [0.2, 0.25) is 0 Å². The standard InChI is InChI=1S/C24H24FN5O4S/c1-3-28-13-18(23(33)34)20(32)17-12-19(25)22(27-21(17)28)29-8-10-30(11-9-29)24(35)26-16-6-4-15(5-7-16)14(2)31/h4-7,12-13H,3,8-11H2,1-2H3,(H,26,35)(H,33,34). The number of rotatable bonds is 5. The Bertz CT molecular complexity index is 1380. The molecular formula is C24H24FN5O4S. The number of aromatic nitrogens is 2. The average molecular weight is 498 g/mol. The molecule has 3 heterocycles. The Morgan fingerprint density at radius 2 is 1.83 bits per heavy atom. The largest absolute Gasteiger partial charge is 0.477 e. The monoisotopic (exact) mass is 497 g/mol. The van der Waals surface area contributed by atoms with Crippen molar-refractivity contribution in [3.63, 3.8) is 0 Å². The summed E-state index contributed by atoms with van der Waals surface area (Å²) in [7, 11) is 0. The fourth-order valence-electron chi connectivity index (χ4n) is 4.00. The lowest BCUT2D eigenvalue weighted by Crippen LogP contribution is -2.50. The molecule has 0 bridgehead atoms. The Morgan fingerprint density at radius 1 is 1.17 bits per heavy atom. The number of ketones is 1. The number of Topliss-reactive ketones (excluding diaryl/α,β-unsaturated/α-hetero) is 1. The van der Waals surface area contributed by atoms with Crippen LogP contribution in [-0.2, 0) is 6.54 Å². The summed E-state index contributed by atoms with van der Waals surface area (Å²) in [6.45, 7) is 5.61. The minimum atomic E-state index is -1.36. The van der Waals surface area contributed by atoms with E-state index < -0.39 is 22.8 Å². The van der Waals surface area contributed by atoms with Gasteiger partial charge in [-0.15, -0.1) is 0 Å². The molecule has 0 radical (unpaired) electrons. The first kappa shape index (κ1) is 24.3. The summed E-state index contributed by atoms with van der Waals surface area (Å²) in [5.74, 6) is -1.94. The molecule has 2 N–H and O–H groups in total. The van der Waals surface area contributed by atoms with Crippen molar-refractivity contribution in [2.45, 2.75) is 20.4 Å². The number of carboxylic acids is 1. The van der Waals surface area contributed by atoms with Crippen molar-refractivity contribution in [1.82, 2.24) is 14.5 Å². The van der Waals surface area contributed by atoms with Crippen LogP contribution < -0.4 is 15.6 Å². The van der Waals surface area contributed by atoms with Crippen LogP contribution >= 0.6 is 12.2 Å². The first-order valence-electron chi connectivity index (χ1n) is 11.1. The Hall–Kier alpha value is -3.86. The smallest absolute Gasteiger partial charge is 0.341 e. The third kappa shape index (κ3) is 4.85. The number of halogens is 1. The van der Waals surface area contributed by atoms with Crippen LogP contribution in [0.5, 0.6) is 0 Å². The van der Waals surface area contributed by atoms with Crippen molar-refractivity contribution in [2.75, 3.05) is 36.4 Å². The Balaban J connectivity index is 1.50. The van der Waals surface area contributed by atoms with Crippen molar-refractivity contribution in [1.29, 1.82) is 0 Å². The Labute approximate surface area is 205 Å². The van der Waals surface area contributed by atoms with E-state index in [2.05, 4.69) is 10.3 Å². The molecule has 1 saturated heterocycles. The Morgan fingerprint density at radius 3 is 2.40 bits per heavy atom. The van der Waals surface area contributed by atoms with Crippen molar-refractivity contribution in [3.8, 4) is 0 Å². The maximum absolute atomic E-state index is 15.0. The third-order valence-corrected chi connectivity index (χ3v) is 6.32. The number of hydrogen-bond donors (Lipinski definition) is 2. The van der Waals surface area contributed by atoms with Gasteiger partial charge in [0.05, 0.1) is 5.39 Å². The van der Waals surface area contributed by atoms with Gasteiger partial charge in [-0.2, -0.15) is 0 Å². The van der Waals surface area contributed by atoms with Gasteiger partial charge in [-0.25, -0.2) is 14.2 Å². The zero-order chi connectivity index (χ0) is 25.3.